The summed E-state index contributed by atoms with van der Waals surface area (Å²) in [4.78, 5) is 67.6. The minimum absolute atomic E-state index is 0.0268. The number of carbonyl (C=O) groups excluding carboxylic acids is 5. The van der Waals surface area contributed by atoms with Gasteiger partial charge in [-0.3, -0.25) is 24.5 Å². The zero-order valence-corrected chi connectivity index (χ0v) is 21.5. The Labute approximate surface area is 223 Å². The molecule has 13 heteroatoms. The van der Waals surface area contributed by atoms with Crippen LogP contribution in [0.25, 0.3) is 0 Å². The van der Waals surface area contributed by atoms with E-state index in [1.54, 1.807) is 11.1 Å². The minimum Gasteiger partial charge on any atom is -0.386 e. The minimum atomic E-state index is -5.23. The fourth-order valence-electron chi connectivity index (χ4n) is 5.55. The number of alkyl halides is 3. The summed E-state index contributed by atoms with van der Waals surface area (Å²) in [6.45, 7) is 0.449. The number of likely N-dealkylation sites (tertiary alicyclic amines) is 1. The van der Waals surface area contributed by atoms with Crippen LogP contribution in [0.2, 0.25) is 0 Å². The van der Waals surface area contributed by atoms with E-state index in [4.69, 9.17) is 0 Å². The van der Waals surface area contributed by atoms with Gasteiger partial charge in [0, 0.05) is 44.7 Å². The Morgan fingerprint density at radius 3 is 2.23 bits per heavy atom. The van der Waals surface area contributed by atoms with Gasteiger partial charge in [-0.25, -0.2) is 9.78 Å². The number of imide groups is 1. The van der Waals surface area contributed by atoms with Crippen molar-refractivity contribution in [2.75, 3.05) is 25.0 Å². The van der Waals surface area contributed by atoms with Crippen LogP contribution < -0.4 is 10.2 Å². The second kappa shape index (κ2) is 11.7. The number of esters is 2. The molecule has 0 aromatic carbocycles. The molecule has 1 aliphatic carbocycles. The van der Waals surface area contributed by atoms with Gasteiger partial charge in [0.2, 0.25) is 17.7 Å². The first-order valence-electron chi connectivity index (χ1n) is 13.1. The molecule has 212 valence electrons. The normalized spacial score (nSPS) is 24.6. The van der Waals surface area contributed by atoms with Crippen LogP contribution in [0.3, 0.4) is 0 Å². The van der Waals surface area contributed by atoms with E-state index in [1.807, 2.05) is 19.2 Å². The number of anilines is 1. The third-order valence-electron chi connectivity index (χ3n) is 7.93. The topological polar surface area (TPSA) is 126 Å². The first kappa shape index (κ1) is 28.5. The number of nitrogens with one attached hydrogen (secondary N) is 1. The number of amides is 3. The quantitative estimate of drug-likeness (QED) is 0.336. The molecule has 3 amide bonds. The van der Waals surface area contributed by atoms with E-state index in [0.29, 0.717) is 25.7 Å². The molecule has 2 aliphatic heterocycles. The first-order valence-corrected chi connectivity index (χ1v) is 13.1. The van der Waals surface area contributed by atoms with E-state index in [9.17, 15) is 37.1 Å². The van der Waals surface area contributed by atoms with Crippen LogP contribution in [0.1, 0.15) is 62.8 Å². The van der Waals surface area contributed by atoms with Crippen molar-refractivity contribution in [1.82, 2.24) is 15.2 Å². The highest BCUT2D eigenvalue weighted by molar-refractivity contribution is 6.00. The predicted molar refractivity (Wildman–Crippen MR) is 130 cm³/mol. The maximum atomic E-state index is 13.0. The smallest absolute Gasteiger partial charge is 0.386 e. The Hall–Kier alpha value is -3.51. The summed E-state index contributed by atoms with van der Waals surface area (Å²) in [6.07, 6.45) is 0.370. The third-order valence-corrected chi connectivity index (χ3v) is 7.93. The second-order valence-electron chi connectivity index (χ2n) is 10.4. The summed E-state index contributed by atoms with van der Waals surface area (Å²) in [6, 6.07) is 3.88. The van der Waals surface area contributed by atoms with E-state index in [0.717, 1.165) is 24.2 Å². The maximum Gasteiger partial charge on any atom is 0.491 e. The van der Waals surface area contributed by atoms with E-state index in [1.165, 1.54) is 0 Å². The number of nitrogens with zero attached hydrogens (tertiary/aromatic N) is 3. The molecule has 0 radical (unpaired) electrons. The third kappa shape index (κ3) is 6.74. The van der Waals surface area contributed by atoms with E-state index in [-0.39, 0.29) is 55.6 Å². The van der Waals surface area contributed by atoms with Gasteiger partial charge in [-0.2, -0.15) is 13.2 Å². The molecular formula is C26H31F3N4O6. The van der Waals surface area contributed by atoms with Crippen LogP contribution in [0.4, 0.5) is 19.0 Å². The number of aromatic nitrogens is 1. The van der Waals surface area contributed by atoms with Crippen LogP contribution in [0.15, 0.2) is 18.3 Å². The Kier molecular flexibility index (Phi) is 8.55. The van der Waals surface area contributed by atoms with Gasteiger partial charge in [0.25, 0.3) is 0 Å². The fourth-order valence-corrected chi connectivity index (χ4v) is 5.55. The molecule has 1 aromatic heterocycles. The Morgan fingerprint density at radius 1 is 1.00 bits per heavy atom. The lowest BCUT2D eigenvalue weighted by Crippen LogP contribution is -2.46. The summed E-state index contributed by atoms with van der Waals surface area (Å²) in [5.41, 5.74) is 0.760. The van der Waals surface area contributed by atoms with Crippen molar-refractivity contribution >= 4 is 35.5 Å². The zero-order chi connectivity index (χ0) is 28.3. The Morgan fingerprint density at radius 2 is 1.67 bits per heavy atom. The van der Waals surface area contributed by atoms with Crippen LogP contribution in [0.5, 0.6) is 0 Å². The highest BCUT2D eigenvalue weighted by atomic mass is 19.4. The SMILES string of the molecule is CN(c1ccc(C2CCC(=O)NC2=O)cn1)C1CCC(C(=O)N2CCC(C(=O)OC(=O)C(F)(F)F)CC2)CC1. The van der Waals surface area contributed by atoms with E-state index in [2.05, 4.69) is 19.9 Å². The molecule has 0 bridgehead atoms. The molecule has 3 fully saturated rings. The van der Waals surface area contributed by atoms with E-state index < -0.39 is 30.0 Å². The average Bonchev–Trinajstić information content (AvgIpc) is 2.92. The van der Waals surface area contributed by atoms with Crippen molar-refractivity contribution in [3.63, 3.8) is 0 Å². The summed E-state index contributed by atoms with van der Waals surface area (Å²) >= 11 is 0. The van der Waals surface area contributed by atoms with Gasteiger partial charge in [-0.1, -0.05) is 6.07 Å². The molecule has 1 atom stereocenters. The van der Waals surface area contributed by atoms with Crippen molar-refractivity contribution < 1.29 is 41.9 Å². The number of hydrogen-bond donors (Lipinski definition) is 1. The van der Waals surface area contributed by atoms with Crippen LogP contribution in [-0.4, -0.2) is 71.9 Å². The van der Waals surface area contributed by atoms with Gasteiger partial charge in [0.15, 0.2) is 0 Å². The van der Waals surface area contributed by atoms with Gasteiger partial charge in [0.05, 0.1) is 11.8 Å². The van der Waals surface area contributed by atoms with Crippen LogP contribution in [-0.2, 0) is 28.7 Å². The Bertz CT molecular complexity index is 1110. The Balaban J connectivity index is 1.23. The van der Waals surface area contributed by atoms with Crippen molar-refractivity contribution in [3.05, 3.63) is 23.9 Å². The largest absolute Gasteiger partial charge is 0.491 e. The highest BCUT2D eigenvalue weighted by Crippen LogP contribution is 2.32. The number of halogens is 3. The molecule has 4 rings (SSSR count). The highest BCUT2D eigenvalue weighted by Gasteiger charge is 2.44. The molecule has 1 saturated carbocycles. The summed E-state index contributed by atoms with van der Waals surface area (Å²) in [7, 11) is 1.94. The van der Waals surface area contributed by atoms with Crippen LogP contribution >= 0.6 is 0 Å². The van der Waals surface area contributed by atoms with Crippen molar-refractivity contribution in [2.45, 2.75) is 69.5 Å². The zero-order valence-electron chi connectivity index (χ0n) is 21.5. The molecule has 1 aromatic rings. The lowest BCUT2D eigenvalue weighted by Gasteiger charge is -2.38. The summed E-state index contributed by atoms with van der Waals surface area (Å²) in [5, 5.41) is 2.36. The number of ether oxygens (including phenoxy) is 1. The van der Waals surface area contributed by atoms with Gasteiger partial charge in [-0.15, -0.1) is 0 Å². The molecular weight excluding hydrogens is 521 g/mol. The summed E-state index contributed by atoms with van der Waals surface area (Å²) < 4.78 is 40.9. The maximum absolute atomic E-state index is 13.0. The second-order valence-corrected chi connectivity index (χ2v) is 10.4. The first-order chi connectivity index (χ1) is 18.4. The number of rotatable bonds is 5. The molecule has 39 heavy (non-hydrogen) atoms. The van der Waals surface area contributed by atoms with Crippen molar-refractivity contribution in [3.8, 4) is 0 Å². The van der Waals surface area contributed by atoms with Crippen LogP contribution in [0, 0.1) is 11.8 Å². The lowest BCUT2D eigenvalue weighted by atomic mass is 9.84. The molecule has 3 aliphatic rings. The number of hydrogen-bond acceptors (Lipinski definition) is 8. The van der Waals surface area contributed by atoms with E-state index >= 15 is 0 Å². The van der Waals surface area contributed by atoms with Gasteiger partial charge in [0.1, 0.15) is 5.82 Å². The van der Waals surface area contributed by atoms with Gasteiger partial charge < -0.3 is 14.5 Å². The fraction of sp³-hybridized carbons (Fsp3) is 0.615. The van der Waals surface area contributed by atoms with Gasteiger partial charge >= 0.3 is 18.1 Å². The predicted octanol–water partition coefficient (Wildman–Crippen LogP) is 2.47. The van der Waals surface area contributed by atoms with Crippen molar-refractivity contribution in [2.24, 2.45) is 11.8 Å². The number of carbonyl (C=O) groups is 5. The lowest BCUT2D eigenvalue weighted by molar-refractivity contribution is -0.203. The molecule has 1 N–H and O–H groups in total. The van der Waals surface area contributed by atoms with Gasteiger partial charge in [-0.05, 0) is 56.6 Å². The summed E-state index contributed by atoms with van der Waals surface area (Å²) in [5.74, 6) is -4.99. The standard InChI is InChI=1S/C26H31F3N4O6/c1-32(20-8-4-17(14-30-20)19-7-9-21(34)31-22(19)35)18-5-2-15(3-6-18)23(36)33-12-10-16(11-13-33)24(37)39-25(38)26(27,28)29/h4,8,14-16,18-19H,2-3,5-7,9-13H2,1H3,(H,31,34,35). The average molecular weight is 553 g/mol. The molecule has 10 nitrogen and oxygen atoms in total. The molecule has 1 unspecified atom stereocenters. The number of pyridine rings is 1. The van der Waals surface area contributed by atoms with Crippen molar-refractivity contribution in [1.29, 1.82) is 0 Å². The monoisotopic (exact) mass is 552 g/mol. The molecule has 0 spiro atoms. The molecule has 3 heterocycles. The molecule has 2 saturated heterocycles. The number of piperidine rings is 2.